The molecule has 5 heteroatoms. The highest BCUT2D eigenvalue weighted by atomic mass is 15.3. The molecule has 1 aliphatic heterocycles. The molecule has 21 heavy (non-hydrogen) atoms. The van der Waals surface area contributed by atoms with Crippen molar-refractivity contribution in [3.05, 3.63) is 41.7 Å². The minimum Gasteiger partial charge on any atom is -0.326 e. The van der Waals surface area contributed by atoms with Crippen molar-refractivity contribution in [2.24, 2.45) is 5.84 Å². The molecule has 110 valence electrons. The van der Waals surface area contributed by atoms with Crippen LogP contribution in [0, 0.1) is 0 Å². The second-order valence-corrected chi connectivity index (χ2v) is 6.36. The molecule has 1 aliphatic rings. The number of fused-ring (bicyclic) bond motifs is 1. The summed E-state index contributed by atoms with van der Waals surface area (Å²) in [4.78, 5) is 11.5. The van der Waals surface area contributed by atoms with Gasteiger partial charge in [-0.15, -0.1) is 0 Å². The minimum atomic E-state index is -0.124. The molecular formula is C16H21N5. The third-order valence-corrected chi connectivity index (χ3v) is 3.70. The summed E-state index contributed by atoms with van der Waals surface area (Å²) in [5.41, 5.74) is 5.10. The highest BCUT2D eigenvalue weighted by Crippen LogP contribution is 2.34. The van der Waals surface area contributed by atoms with Gasteiger partial charge in [0.25, 0.3) is 0 Å². The van der Waals surface area contributed by atoms with Crippen LogP contribution in [0.3, 0.4) is 0 Å². The molecule has 0 radical (unpaired) electrons. The van der Waals surface area contributed by atoms with Gasteiger partial charge >= 0.3 is 0 Å². The number of hydrazine groups is 1. The molecule has 0 fully saturated rings. The first-order valence-electron chi connectivity index (χ1n) is 7.20. The maximum atomic E-state index is 5.57. The number of nitrogens with one attached hydrogen (secondary N) is 1. The Morgan fingerprint density at radius 1 is 1.19 bits per heavy atom. The number of aromatic nitrogens is 2. The van der Waals surface area contributed by atoms with E-state index in [1.807, 2.05) is 6.07 Å². The Morgan fingerprint density at radius 2 is 1.95 bits per heavy atom. The van der Waals surface area contributed by atoms with Crippen molar-refractivity contribution in [3.63, 3.8) is 0 Å². The maximum absolute atomic E-state index is 5.57. The molecule has 0 saturated carbocycles. The van der Waals surface area contributed by atoms with Crippen molar-refractivity contribution < 1.29 is 0 Å². The zero-order chi connectivity index (χ0) is 15.0. The van der Waals surface area contributed by atoms with Gasteiger partial charge < -0.3 is 10.3 Å². The zero-order valence-corrected chi connectivity index (χ0v) is 12.7. The normalized spacial score (nSPS) is 14.2. The molecule has 0 spiro atoms. The van der Waals surface area contributed by atoms with Gasteiger partial charge in [-0.3, -0.25) is 0 Å². The van der Waals surface area contributed by atoms with Crippen LogP contribution in [0.5, 0.6) is 0 Å². The number of nitrogens with two attached hydrogens (primary N) is 1. The molecule has 0 amide bonds. The monoisotopic (exact) mass is 283 g/mol. The fourth-order valence-electron chi connectivity index (χ4n) is 2.56. The molecule has 3 rings (SSSR count). The highest BCUT2D eigenvalue weighted by molar-refractivity contribution is 5.68. The standard InChI is InChI=1S/C16H21N5/c1-16(2,3)15-18-13(20-17)10-14(19-15)21-9-8-11-6-4-5-7-12(11)21/h4-7,10H,8-9,17H2,1-3H3,(H,18,19,20). The fraction of sp³-hybridized carbons (Fsp3) is 0.375. The Bertz CT molecular complexity index is 660. The molecule has 0 saturated heterocycles. The Morgan fingerprint density at radius 3 is 2.67 bits per heavy atom. The van der Waals surface area contributed by atoms with Crippen LogP contribution in [0.4, 0.5) is 17.3 Å². The predicted octanol–water partition coefficient (Wildman–Crippen LogP) is 2.75. The van der Waals surface area contributed by atoms with Gasteiger partial charge in [0.2, 0.25) is 0 Å². The molecule has 3 N–H and O–H groups in total. The van der Waals surface area contributed by atoms with E-state index >= 15 is 0 Å². The van der Waals surface area contributed by atoms with E-state index in [4.69, 9.17) is 10.8 Å². The van der Waals surface area contributed by atoms with Gasteiger partial charge in [0, 0.05) is 23.7 Å². The van der Waals surface area contributed by atoms with Crippen LogP contribution in [0.15, 0.2) is 30.3 Å². The number of benzene rings is 1. The molecular weight excluding hydrogens is 262 g/mol. The predicted molar refractivity (Wildman–Crippen MR) is 85.7 cm³/mol. The quantitative estimate of drug-likeness (QED) is 0.655. The second-order valence-electron chi connectivity index (χ2n) is 6.36. The largest absolute Gasteiger partial charge is 0.326 e. The van der Waals surface area contributed by atoms with Crippen LogP contribution in [-0.2, 0) is 11.8 Å². The zero-order valence-electron chi connectivity index (χ0n) is 12.7. The second kappa shape index (κ2) is 5.00. The smallest absolute Gasteiger partial charge is 0.145 e. The van der Waals surface area contributed by atoms with Gasteiger partial charge in [-0.1, -0.05) is 39.0 Å². The molecule has 5 nitrogen and oxygen atoms in total. The summed E-state index contributed by atoms with van der Waals surface area (Å²) < 4.78 is 0. The summed E-state index contributed by atoms with van der Waals surface area (Å²) in [6.45, 7) is 7.24. The number of nitrogen functional groups attached to an aromatic ring is 1. The average Bonchev–Trinajstić information content (AvgIpc) is 2.89. The fourth-order valence-corrected chi connectivity index (χ4v) is 2.56. The van der Waals surface area contributed by atoms with Crippen molar-refractivity contribution in [1.29, 1.82) is 0 Å². The summed E-state index contributed by atoms with van der Waals surface area (Å²) in [5, 5.41) is 0. The summed E-state index contributed by atoms with van der Waals surface area (Å²) in [6, 6.07) is 10.3. The topological polar surface area (TPSA) is 67.1 Å². The first-order chi connectivity index (χ1) is 9.99. The highest BCUT2D eigenvalue weighted by Gasteiger charge is 2.24. The Kier molecular flexibility index (Phi) is 3.29. The van der Waals surface area contributed by atoms with Crippen LogP contribution in [0.1, 0.15) is 32.2 Å². The van der Waals surface area contributed by atoms with E-state index in [1.54, 1.807) is 0 Å². The lowest BCUT2D eigenvalue weighted by atomic mass is 9.96. The van der Waals surface area contributed by atoms with Crippen LogP contribution < -0.4 is 16.2 Å². The minimum absolute atomic E-state index is 0.124. The van der Waals surface area contributed by atoms with Gasteiger partial charge in [-0.05, 0) is 18.1 Å². The molecule has 2 aromatic rings. The van der Waals surface area contributed by atoms with Gasteiger partial charge in [0.1, 0.15) is 17.5 Å². The number of hydrogen-bond acceptors (Lipinski definition) is 5. The lowest BCUT2D eigenvalue weighted by molar-refractivity contribution is 0.546. The molecule has 0 aliphatic carbocycles. The van der Waals surface area contributed by atoms with Crippen LogP contribution >= 0.6 is 0 Å². The summed E-state index contributed by atoms with van der Waals surface area (Å²) in [7, 11) is 0. The van der Waals surface area contributed by atoms with Crippen LogP contribution in [0.25, 0.3) is 0 Å². The molecule has 0 unspecified atom stereocenters. The van der Waals surface area contributed by atoms with Crippen molar-refractivity contribution in [2.75, 3.05) is 16.9 Å². The van der Waals surface area contributed by atoms with Crippen molar-refractivity contribution >= 4 is 17.3 Å². The van der Waals surface area contributed by atoms with Gasteiger partial charge in [-0.25, -0.2) is 15.8 Å². The van der Waals surface area contributed by atoms with Gasteiger partial charge in [0.05, 0.1) is 0 Å². The van der Waals surface area contributed by atoms with E-state index < -0.39 is 0 Å². The van der Waals surface area contributed by atoms with E-state index in [1.165, 1.54) is 11.3 Å². The third-order valence-electron chi connectivity index (χ3n) is 3.70. The number of nitrogens with zero attached hydrogens (tertiary/aromatic N) is 3. The first kappa shape index (κ1) is 13.8. The molecule has 0 atom stereocenters. The van der Waals surface area contributed by atoms with Crippen molar-refractivity contribution in [2.45, 2.75) is 32.6 Å². The van der Waals surface area contributed by atoms with E-state index in [0.717, 1.165) is 24.6 Å². The summed E-state index contributed by atoms with van der Waals surface area (Å²) >= 11 is 0. The molecule has 0 bridgehead atoms. The first-order valence-corrected chi connectivity index (χ1v) is 7.20. The van der Waals surface area contributed by atoms with Crippen molar-refractivity contribution in [3.8, 4) is 0 Å². The lowest BCUT2D eigenvalue weighted by Gasteiger charge is -2.23. The lowest BCUT2D eigenvalue weighted by Crippen LogP contribution is -2.22. The van der Waals surface area contributed by atoms with Crippen LogP contribution in [0.2, 0.25) is 0 Å². The Hall–Kier alpha value is -2.14. The third kappa shape index (κ3) is 2.56. The molecule has 2 heterocycles. The van der Waals surface area contributed by atoms with Crippen LogP contribution in [-0.4, -0.2) is 16.5 Å². The SMILES string of the molecule is CC(C)(C)c1nc(NN)cc(N2CCc3ccccc32)n1. The van der Waals surface area contributed by atoms with E-state index in [0.29, 0.717) is 5.82 Å². The van der Waals surface area contributed by atoms with E-state index in [2.05, 4.69) is 60.3 Å². The maximum Gasteiger partial charge on any atom is 0.145 e. The summed E-state index contributed by atoms with van der Waals surface area (Å²) in [6.07, 6.45) is 1.04. The molecule has 1 aromatic heterocycles. The summed E-state index contributed by atoms with van der Waals surface area (Å²) in [5.74, 6) is 7.90. The average molecular weight is 283 g/mol. The number of para-hydroxylation sites is 1. The van der Waals surface area contributed by atoms with Gasteiger partial charge in [-0.2, -0.15) is 0 Å². The Labute approximate surface area is 125 Å². The van der Waals surface area contributed by atoms with E-state index in [9.17, 15) is 0 Å². The van der Waals surface area contributed by atoms with E-state index in [-0.39, 0.29) is 5.41 Å². The van der Waals surface area contributed by atoms with Crippen molar-refractivity contribution in [1.82, 2.24) is 9.97 Å². The Balaban J connectivity index is 2.07. The molecule has 1 aromatic carbocycles. The number of rotatable bonds is 2. The number of anilines is 3. The van der Waals surface area contributed by atoms with Gasteiger partial charge in [0.15, 0.2) is 0 Å². The number of hydrogen-bond donors (Lipinski definition) is 2.